The topological polar surface area (TPSA) is 0 Å². The van der Waals surface area contributed by atoms with Gasteiger partial charge >= 0.3 is 27.4 Å². The van der Waals surface area contributed by atoms with Gasteiger partial charge in [-0.25, -0.2) is 8.78 Å². The maximum Gasteiger partial charge on any atom is 0.422 e. The van der Waals surface area contributed by atoms with Gasteiger partial charge in [0, 0.05) is 0 Å². The zero-order valence-electron chi connectivity index (χ0n) is 9.32. The van der Waals surface area contributed by atoms with Crippen LogP contribution in [0.25, 0.3) is 0 Å². The van der Waals surface area contributed by atoms with Crippen LogP contribution in [0, 0.1) is 26.8 Å². The van der Waals surface area contributed by atoms with E-state index in [0.29, 0.717) is 10.8 Å². The van der Waals surface area contributed by atoms with Crippen molar-refractivity contribution in [2.24, 2.45) is 0 Å². The van der Waals surface area contributed by atoms with Crippen molar-refractivity contribution in [2.75, 3.05) is 4.43 Å². The summed E-state index contributed by atoms with van der Waals surface area (Å²) in [6.45, 7) is 1.69. The Kier molecular flexibility index (Phi) is 6.87. The van der Waals surface area contributed by atoms with Crippen molar-refractivity contribution >= 4 is 0 Å². The van der Waals surface area contributed by atoms with E-state index in [4.69, 9.17) is 0 Å². The molecule has 19 heavy (non-hydrogen) atoms. The minimum atomic E-state index is -5.47. The molecule has 0 fully saturated rings. The molecule has 0 unspecified atom stereocenters. The number of hydrogen-bond donors (Lipinski definition) is 0. The Balaban J connectivity index is 0.00000324. The van der Waals surface area contributed by atoms with E-state index in [1.807, 2.05) is 0 Å². The highest BCUT2D eigenvalue weighted by atomic mass is 127. The molecule has 9 heteroatoms. The molecule has 0 aliphatic heterocycles. The van der Waals surface area contributed by atoms with Gasteiger partial charge in [-0.2, -0.15) is 22.0 Å². The highest BCUT2D eigenvalue weighted by molar-refractivity contribution is 5.24. The molecule has 0 bridgehead atoms. The molecular weight excluding hydrogens is 415 g/mol. The number of hydrogen-bond acceptors (Lipinski definition) is 0. The lowest BCUT2D eigenvalue weighted by atomic mass is 10.1. The Bertz CT molecular complexity index is 429. The van der Waals surface area contributed by atoms with Crippen molar-refractivity contribution in [2.45, 2.75) is 19.5 Å². The van der Waals surface area contributed by atoms with Gasteiger partial charge in [-0.05, 0) is 6.42 Å². The Hall–Kier alpha value is -0.250. The van der Waals surface area contributed by atoms with E-state index in [0.717, 1.165) is 0 Å². The van der Waals surface area contributed by atoms with Crippen LogP contribution in [0.1, 0.15) is 18.9 Å². The minimum absolute atomic E-state index is 0. The molecule has 0 saturated heterocycles. The predicted molar refractivity (Wildman–Crippen MR) is 45.1 cm³/mol. The monoisotopic (exact) mass is 422 g/mol. The quantitative estimate of drug-likeness (QED) is 0.173. The van der Waals surface area contributed by atoms with E-state index in [1.54, 1.807) is 6.92 Å². The van der Waals surface area contributed by atoms with Gasteiger partial charge in [0.1, 0.15) is 9.99 Å². The van der Waals surface area contributed by atoms with Crippen LogP contribution < -0.4 is 33.6 Å². The summed E-state index contributed by atoms with van der Waals surface area (Å²) < 4.78 is 89.1. The second-order valence-electron chi connectivity index (χ2n) is 3.27. The SMILES string of the molecule is CCC[I+]c1c(F)c(F)c(C(F)(F)F)c(F)c1F.[Cl-]. The fourth-order valence-electron chi connectivity index (χ4n) is 1.16. The normalized spacial score (nSPS) is 11.4. The van der Waals surface area contributed by atoms with Gasteiger partial charge in [0.15, 0.2) is 11.6 Å². The van der Waals surface area contributed by atoms with E-state index in [2.05, 4.69) is 0 Å². The van der Waals surface area contributed by atoms with Crippen LogP contribution in [0.2, 0.25) is 0 Å². The van der Waals surface area contributed by atoms with E-state index in [-0.39, 0.29) is 12.4 Å². The third-order valence-corrected chi connectivity index (χ3v) is 5.24. The van der Waals surface area contributed by atoms with Gasteiger partial charge in [0.25, 0.3) is 3.57 Å². The second kappa shape index (κ2) is 6.96. The summed E-state index contributed by atoms with van der Waals surface area (Å²) in [6.07, 6.45) is -4.95. The summed E-state index contributed by atoms with van der Waals surface area (Å²) in [5.74, 6) is -8.59. The molecule has 1 rings (SSSR count). The molecule has 0 aliphatic carbocycles. The van der Waals surface area contributed by atoms with Crippen LogP contribution >= 0.6 is 0 Å². The Morgan fingerprint density at radius 3 is 1.63 bits per heavy atom. The second-order valence-corrected chi connectivity index (χ2v) is 6.19. The van der Waals surface area contributed by atoms with Gasteiger partial charge in [-0.1, -0.05) is 6.92 Å². The first-order valence-electron chi connectivity index (χ1n) is 4.74. The lowest BCUT2D eigenvalue weighted by Gasteiger charge is -2.10. The molecule has 0 atom stereocenters. The lowest BCUT2D eigenvalue weighted by molar-refractivity contribution is -0.632. The average molecular weight is 423 g/mol. The molecule has 0 N–H and O–H groups in total. The van der Waals surface area contributed by atoms with Gasteiger partial charge in [-0.15, -0.1) is 0 Å². The van der Waals surface area contributed by atoms with Gasteiger partial charge in [0.05, 0.1) is 0 Å². The molecule has 1 aromatic carbocycles. The Morgan fingerprint density at radius 1 is 0.895 bits per heavy atom. The number of benzene rings is 1. The van der Waals surface area contributed by atoms with Crippen molar-refractivity contribution in [3.63, 3.8) is 0 Å². The molecule has 0 heterocycles. The van der Waals surface area contributed by atoms with E-state index >= 15 is 0 Å². The van der Waals surface area contributed by atoms with Crippen LogP contribution in [0.5, 0.6) is 0 Å². The Labute approximate surface area is 121 Å². The molecule has 0 nitrogen and oxygen atoms in total. The maximum absolute atomic E-state index is 13.3. The average Bonchev–Trinajstić information content (AvgIpc) is 2.25. The van der Waals surface area contributed by atoms with Crippen molar-refractivity contribution in [1.29, 1.82) is 0 Å². The molecule has 0 aliphatic rings. The zero-order valence-corrected chi connectivity index (χ0v) is 12.2. The van der Waals surface area contributed by atoms with E-state index in [9.17, 15) is 30.7 Å². The first-order valence-corrected chi connectivity index (χ1v) is 7.34. The standard InChI is InChI=1S/C10H7F7I.ClH/c1-2-3-18-9-7(13)5(11)4(10(15,16)17)6(12)8(9)14;/h2-3H2,1H3;1H/q+1;/p-1. The van der Waals surface area contributed by atoms with Crippen molar-refractivity contribution in [3.05, 3.63) is 32.4 Å². The molecule has 0 amide bonds. The smallest absolute Gasteiger partial charge is 0.422 e. The van der Waals surface area contributed by atoms with Crippen LogP contribution in [-0.4, -0.2) is 4.43 Å². The van der Waals surface area contributed by atoms with Crippen molar-refractivity contribution in [3.8, 4) is 0 Å². The minimum Gasteiger partial charge on any atom is -1.00 e. The largest absolute Gasteiger partial charge is 1.00 e. The molecule has 0 saturated carbocycles. The van der Waals surface area contributed by atoms with Crippen LogP contribution in [0.4, 0.5) is 30.7 Å². The first kappa shape index (κ1) is 18.8. The van der Waals surface area contributed by atoms with Crippen LogP contribution in [0.3, 0.4) is 0 Å². The number of alkyl halides is 4. The summed E-state index contributed by atoms with van der Waals surface area (Å²) in [6, 6.07) is 0. The fraction of sp³-hybridized carbons (Fsp3) is 0.400. The summed E-state index contributed by atoms with van der Waals surface area (Å²) >= 11 is -1.40. The molecule has 1 aromatic rings. The van der Waals surface area contributed by atoms with Gasteiger partial charge in [0.2, 0.25) is 11.6 Å². The van der Waals surface area contributed by atoms with E-state index in [1.165, 1.54) is 0 Å². The van der Waals surface area contributed by atoms with E-state index < -0.39 is 59.8 Å². The molecule has 0 radical (unpaired) electrons. The number of rotatable bonds is 3. The van der Waals surface area contributed by atoms with Crippen LogP contribution in [0.15, 0.2) is 0 Å². The maximum atomic E-state index is 13.3. The lowest BCUT2D eigenvalue weighted by Crippen LogP contribution is -3.63. The molecule has 110 valence electrons. The first-order chi connectivity index (χ1) is 8.21. The summed E-state index contributed by atoms with van der Waals surface area (Å²) in [5.41, 5.74) is -2.51. The summed E-state index contributed by atoms with van der Waals surface area (Å²) in [4.78, 5) is 0. The Morgan fingerprint density at radius 2 is 1.32 bits per heavy atom. The molecular formula is C10H7ClF7I. The van der Waals surface area contributed by atoms with Crippen LogP contribution in [-0.2, 0) is 6.18 Å². The van der Waals surface area contributed by atoms with Gasteiger partial charge in [-0.3, -0.25) is 0 Å². The zero-order chi connectivity index (χ0) is 14.1. The third-order valence-electron chi connectivity index (χ3n) is 1.91. The third kappa shape index (κ3) is 3.87. The van der Waals surface area contributed by atoms with Crippen molar-refractivity contribution in [1.82, 2.24) is 0 Å². The molecule has 0 aromatic heterocycles. The summed E-state index contributed by atoms with van der Waals surface area (Å²) in [5, 5.41) is 0. The predicted octanol–water partition coefficient (Wildman–Crippen LogP) is -2.07. The van der Waals surface area contributed by atoms with Crippen molar-refractivity contribution < 1.29 is 64.3 Å². The number of halogens is 9. The van der Waals surface area contributed by atoms with Gasteiger partial charge < -0.3 is 12.4 Å². The summed E-state index contributed by atoms with van der Waals surface area (Å²) in [7, 11) is 0. The fourth-order valence-corrected chi connectivity index (χ4v) is 3.38. The highest BCUT2D eigenvalue weighted by Gasteiger charge is 2.44. The molecule has 0 spiro atoms. The highest BCUT2D eigenvalue weighted by Crippen LogP contribution is 2.35.